The maximum atomic E-state index is 5.96. The Morgan fingerprint density at radius 3 is 2.64 bits per heavy atom. The van der Waals surface area contributed by atoms with Crippen LogP contribution in [0.3, 0.4) is 0 Å². The SMILES string of the molecule is CCNC(=NCC(C)CN1CCOCC1)N(C)Cc1ccc(Cl)cc1. The average molecular weight is 367 g/mol. The normalized spacial score (nSPS) is 17.4. The molecule has 0 bridgehead atoms. The van der Waals surface area contributed by atoms with Crippen molar-refractivity contribution >= 4 is 17.6 Å². The van der Waals surface area contributed by atoms with Gasteiger partial charge in [-0.05, 0) is 30.5 Å². The van der Waals surface area contributed by atoms with Crippen LogP contribution < -0.4 is 5.32 Å². The number of benzene rings is 1. The Kier molecular flexibility index (Phi) is 8.52. The van der Waals surface area contributed by atoms with Crippen LogP contribution in [-0.4, -0.2) is 68.7 Å². The van der Waals surface area contributed by atoms with Gasteiger partial charge in [0.15, 0.2) is 5.96 Å². The summed E-state index contributed by atoms with van der Waals surface area (Å²) in [5.41, 5.74) is 1.22. The van der Waals surface area contributed by atoms with Crippen LogP contribution in [0.25, 0.3) is 0 Å². The number of nitrogens with one attached hydrogen (secondary N) is 1. The van der Waals surface area contributed by atoms with Crippen molar-refractivity contribution in [2.45, 2.75) is 20.4 Å². The number of aliphatic imine (C=N–C) groups is 1. The highest BCUT2D eigenvalue weighted by Gasteiger charge is 2.14. The van der Waals surface area contributed by atoms with Crippen molar-refractivity contribution in [3.8, 4) is 0 Å². The lowest BCUT2D eigenvalue weighted by molar-refractivity contribution is 0.0323. The first kappa shape index (κ1) is 20.0. The summed E-state index contributed by atoms with van der Waals surface area (Å²) in [6.45, 7) is 11.7. The molecule has 2 rings (SSSR count). The molecule has 25 heavy (non-hydrogen) atoms. The van der Waals surface area contributed by atoms with E-state index in [4.69, 9.17) is 21.3 Å². The number of rotatable bonds is 7. The fourth-order valence-corrected chi connectivity index (χ4v) is 3.06. The van der Waals surface area contributed by atoms with Crippen molar-refractivity contribution in [1.82, 2.24) is 15.1 Å². The van der Waals surface area contributed by atoms with Crippen molar-refractivity contribution in [3.63, 3.8) is 0 Å². The standard InChI is InChI=1S/C19H31ClN4O/c1-4-21-19(23(3)15-17-5-7-18(20)8-6-17)22-13-16(2)14-24-9-11-25-12-10-24/h5-8,16H,4,9-15H2,1-3H3,(H,21,22). The Labute approximate surface area is 157 Å². The molecule has 1 atom stereocenters. The van der Waals surface area contributed by atoms with E-state index in [1.165, 1.54) is 5.56 Å². The van der Waals surface area contributed by atoms with Crippen LogP contribution in [0.5, 0.6) is 0 Å². The minimum absolute atomic E-state index is 0.524. The van der Waals surface area contributed by atoms with Gasteiger partial charge in [-0.1, -0.05) is 30.7 Å². The highest BCUT2D eigenvalue weighted by atomic mass is 35.5. The van der Waals surface area contributed by atoms with Crippen molar-refractivity contribution < 1.29 is 4.74 Å². The van der Waals surface area contributed by atoms with Gasteiger partial charge in [0.25, 0.3) is 0 Å². The first-order valence-corrected chi connectivity index (χ1v) is 9.50. The molecule has 1 aromatic rings. The zero-order valence-electron chi connectivity index (χ0n) is 15.7. The molecule has 1 aliphatic rings. The lowest BCUT2D eigenvalue weighted by atomic mass is 10.1. The van der Waals surface area contributed by atoms with E-state index in [1.807, 2.05) is 12.1 Å². The molecule has 1 aromatic carbocycles. The molecule has 1 N–H and O–H groups in total. The number of hydrogen-bond donors (Lipinski definition) is 1. The van der Waals surface area contributed by atoms with Crippen molar-refractivity contribution in [1.29, 1.82) is 0 Å². The Hall–Kier alpha value is -1.30. The van der Waals surface area contributed by atoms with Crippen molar-refractivity contribution in [3.05, 3.63) is 34.9 Å². The molecule has 1 saturated heterocycles. The minimum Gasteiger partial charge on any atom is -0.379 e. The summed E-state index contributed by atoms with van der Waals surface area (Å²) in [5.74, 6) is 1.47. The third-order valence-electron chi connectivity index (χ3n) is 4.26. The number of guanidine groups is 1. The van der Waals surface area contributed by atoms with Gasteiger partial charge in [-0.15, -0.1) is 0 Å². The Morgan fingerprint density at radius 1 is 1.32 bits per heavy atom. The second-order valence-corrected chi connectivity index (χ2v) is 7.13. The van der Waals surface area contributed by atoms with Gasteiger partial charge in [0.05, 0.1) is 13.2 Å². The molecule has 1 aliphatic heterocycles. The van der Waals surface area contributed by atoms with Gasteiger partial charge >= 0.3 is 0 Å². The monoisotopic (exact) mass is 366 g/mol. The van der Waals surface area contributed by atoms with E-state index in [2.05, 4.69) is 48.1 Å². The van der Waals surface area contributed by atoms with Crippen LogP contribution >= 0.6 is 11.6 Å². The molecule has 0 saturated carbocycles. The Bertz CT molecular complexity index is 529. The van der Waals surface area contributed by atoms with E-state index < -0.39 is 0 Å². The second kappa shape index (κ2) is 10.6. The molecule has 6 heteroatoms. The molecule has 1 fully saturated rings. The number of morpholine rings is 1. The summed E-state index contributed by atoms with van der Waals surface area (Å²) in [7, 11) is 2.07. The zero-order chi connectivity index (χ0) is 18.1. The van der Waals surface area contributed by atoms with Gasteiger partial charge in [-0.25, -0.2) is 0 Å². The van der Waals surface area contributed by atoms with E-state index >= 15 is 0 Å². The molecule has 0 amide bonds. The topological polar surface area (TPSA) is 40.1 Å². The summed E-state index contributed by atoms with van der Waals surface area (Å²) in [5, 5.41) is 4.16. The van der Waals surface area contributed by atoms with Gasteiger partial charge in [-0.2, -0.15) is 0 Å². The third kappa shape index (κ3) is 7.22. The Morgan fingerprint density at radius 2 is 2.00 bits per heavy atom. The smallest absolute Gasteiger partial charge is 0.193 e. The van der Waals surface area contributed by atoms with Crippen LogP contribution in [0.2, 0.25) is 5.02 Å². The number of hydrogen-bond acceptors (Lipinski definition) is 3. The van der Waals surface area contributed by atoms with Crippen LogP contribution in [0.4, 0.5) is 0 Å². The predicted octanol–water partition coefficient (Wildman–Crippen LogP) is 2.71. The number of ether oxygens (including phenoxy) is 1. The lowest BCUT2D eigenvalue weighted by Crippen LogP contribution is -2.40. The first-order chi connectivity index (χ1) is 12.1. The largest absolute Gasteiger partial charge is 0.379 e. The summed E-state index contributed by atoms with van der Waals surface area (Å²) in [6.07, 6.45) is 0. The van der Waals surface area contributed by atoms with E-state index in [-0.39, 0.29) is 0 Å². The van der Waals surface area contributed by atoms with E-state index in [0.717, 1.165) is 63.5 Å². The van der Waals surface area contributed by atoms with Gasteiger partial charge in [0.2, 0.25) is 0 Å². The summed E-state index contributed by atoms with van der Waals surface area (Å²) >= 11 is 5.96. The second-order valence-electron chi connectivity index (χ2n) is 6.70. The third-order valence-corrected chi connectivity index (χ3v) is 4.51. The summed E-state index contributed by atoms with van der Waals surface area (Å²) in [6, 6.07) is 7.98. The zero-order valence-corrected chi connectivity index (χ0v) is 16.4. The van der Waals surface area contributed by atoms with Gasteiger partial charge in [0.1, 0.15) is 0 Å². The van der Waals surface area contributed by atoms with Crippen molar-refractivity contribution in [2.24, 2.45) is 10.9 Å². The molecular weight excluding hydrogens is 336 g/mol. The fourth-order valence-electron chi connectivity index (χ4n) is 2.93. The summed E-state index contributed by atoms with van der Waals surface area (Å²) in [4.78, 5) is 9.47. The van der Waals surface area contributed by atoms with E-state index in [1.54, 1.807) is 0 Å². The lowest BCUT2D eigenvalue weighted by Gasteiger charge is -2.29. The highest BCUT2D eigenvalue weighted by Crippen LogP contribution is 2.11. The average Bonchev–Trinajstić information content (AvgIpc) is 2.61. The molecule has 0 aromatic heterocycles. The molecule has 1 unspecified atom stereocenters. The quantitative estimate of drug-likeness (QED) is 0.595. The summed E-state index contributed by atoms with van der Waals surface area (Å²) < 4.78 is 5.41. The van der Waals surface area contributed by atoms with Crippen LogP contribution in [0, 0.1) is 5.92 Å². The predicted molar refractivity (Wildman–Crippen MR) is 105 cm³/mol. The van der Waals surface area contributed by atoms with Gasteiger partial charge in [-0.3, -0.25) is 9.89 Å². The van der Waals surface area contributed by atoms with Gasteiger partial charge < -0.3 is 15.0 Å². The molecule has 140 valence electrons. The maximum Gasteiger partial charge on any atom is 0.193 e. The number of halogens is 1. The molecule has 0 spiro atoms. The molecule has 0 radical (unpaired) electrons. The highest BCUT2D eigenvalue weighted by molar-refractivity contribution is 6.30. The molecule has 5 nitrogen and oxygen atoms in total. The van der Waals surface area contributed by atoms with E-state index in [0.29, 0.717) is 5.92 Å². The van der Waals surface area contributed by atoms with E-state index in [9.17, 15) is 0 Å². The van der Waals surface area contributed by atoms with Crippen LogP contribution in [0.15, 0.2) is 29.3 Å². The number of nitrogens with zero attached hydrogens (tertiary/aromatic N) is 3. The first-order valence-electron chi connectivity index (χ1n) is 9.12. The van der Waals surface area contributed by atoms with Crippen LogP contribution in [0.1, 0.15) is 19.4 Å². The maximum absolute atomic E-state index is 5.96. The Balaban J connectivity index is 1.88. The molecule has 0 aliphatic carbocycles. The molecule has 1 heterocycles. The van der Waals surface area contributed by atoms with Crippen LogP contribution in [-0.2, 0) is 11.3 Å². The van der Waals surface area contributed by atoms with Crippen molar-refractivity contribution in [2.75, 3.05) is 53.0 Å². The minimum atomic E-state index is 0.524. The van der Waals surface area contributed by atoms with Gasteiger partial charge in [0, 0.05) is 51.3 Å². The fraction of sp³-hybridized carbons (Fsp3) is 0.632. The molecular formula is C19H31ClN4O.